The summed E-state index contributed by atoms with van der Waals surface area (Å²) in [6, 6.07) is -3.44. The molecule has 1 saturated heterocycles. The zero-order valence-electron chi connectivity index (χ0n) is 55.4. The Morgan fingerprint density at radius 3 is 1.19 bits per heavy atom. The number of amides is 8. The molecule has 97 heavy (non-hydrogen) atoms. The second-order valence-electron chi connectivity index (χ2n) is 25.4. The van der Waals surface area contributed by atoms with Crippen molar-refractivity contribution < 1.29 is 117 Å². The number of rotatable bonds is 40. The first kappa shape index (κ1) is 84.1. The molecule has 1 fully saturated rings. The number of nitrogens with zero attached hydrogens (tertiary/aromatic N) is 4. The second kappa shape index (κ2) is 41.2. The fraction of sp³-hybridized carbons (Fsp3) is 0.650. The number of urea groups is 1. The van der Waals surface area contributed by atoms with Crippen LogP contribution >= 0.6 is 0 Å². The normalized spacial score (nSPS) is 15.5. The average Bonchev–Trinajstić information content (AvgIpc) is 0.749. The quantitative estimate of drug-likeness (QED) is 0.0193. The van der Waals surface area contributed by atoms with E-state index >= 15 is 4.11 Å². The van der Waals surface area contributed by atoms with Crippen LogP contribution in [0.1, 0.15) is 123 Å². The molecular weight excluding hydrogens is 1300 g/mol. The van der Waals surface area contributed by atoms with Gasteiger partial charge in [0, 0.05) is 103 Å². The summed E-state index contributed by atoms with van der Waals surface area (Å²) >= 11 is 0. The standard InChI is InChI=1S/C60H95FN12O23Si/c1-59(2,3)97(61,60(4,5)6)38-14-12-37(13-15-38)52(86)64-32-43(66-47(77)33-70-24-26-71(34-49(80)81)28-30-73(36-51(84)85)31-29-72(27-25-70)35-50(82)83)53(87)67-40(55(90)91)10-7-8-22-62-44(74)19-20-45(75)63-23-9-11-39(54(88)89)65-46(76)18-16-41(56(92)93)68-58(96)69-42(57(94)95)17-21-48(78)79/h12-15,39-43H,7-11,16-36H2,1-6H3,(H,62,74)(H,63,75)(H,64,86)(H,65,76)(H,66,77)(H,67,87)(H,78,79)(H,80,81)(H,82,83)(H,84,85)(H,88,89)(H,90,91)(H,92,93)(H,94,95)(H2,68,69,96)/t39-,40+,41+,42+,43+/m1/s1. The lowest BCUT2D eigenvalue weighted by Gasteiger charge is -2.44. The van der Waals surface area contributed by atoms with E-state index in [1.807, 2.05) is 52.2 Å². The number of hydrogen-bond donors (Lipinski definition) is 16. The maximum Gasteiger partial charge on any atom is 0.326 e. The predicted octanol–water partition coefficient (Wildman–Crippen LogP) is -1.95. The molecule has 1 aliphatic heterocycles. The van der Waals surface area contributed by atoms with Crippen LogP contribution in [0.4, 0.5) is 8.90 Å². The SMILES string of the molecule is CC(C)(C)[Si](F)(c1ccc(C(=O)NC[C@H](NC(=O)CN2CCN(CC(=O)O)CCN(CC(=O)O)CCN(CC(=O)O)CC2)C(=O)N[C@@H](CCCCNC(=O)CCC(=O)NCCC[C@@H](NC(=O)CC[C@H](NC(=O)N[C@@H](CCC(=O)O)C(=O)O)C(=O)O)C(=O)O)C(=O)O)cc1)C(C)(C)C. The van der Waals surface area contributed by atoms with E-state index in [2.05, 4.69) is 31.9 Å². The van der Waals surface area contributed by atoms with Gasteiger partial charge in [0.25, 0.3) is 14.3 Å². The Labute approximate surface area is 560 Å². The molecule has 0 spiro atoms. The van der Waals surface area contributed by atoms with Gasteiger partial charge in [0.2, 0.25) is 29.5 Å². The van der Waals surface area contributed by atoms with Crippen molar-refractivity contribution in [1.82, 2.24) is 62.1 Å². The molecule has 544 valence electrons. The highest BCUT2D eigenvalue weighted by Gasteiger charge is 2.56. The van der Waals surface area contributed by atoms with Crippen molar-refractivity contribution in [2.24, 2.45) is 0 Å². The first-order valence-corrected chi connectivity index (χ1v) is 33.4. The van der Waals surface area contributed by atoms with Crippen LogP contribution in [0.25, 0.3) is 0 Å². The van der Waals surface area contributed by atoms with E-state index < -0.39 is 190 Å². The topological polar surface area (TPSA) is 527 Å². The predicted molar refractivity (Wildman–Crippen MR) is 343 cm³/mol. The summed E-state index contributed by atoms with van der Waals surface area (Å²) in [7, 11) is -3.74. The first-order chi connectivity index (χ1) is 45.2. The molecule has 8 amide bonds. The third-order valence-electron chi connectivity index (χ3n) is 15.7. The molecule has 0 saturated carbocycles. The number of carbonyl (C=O) groups is 15. The van der Waals surface area contributed by atoms with E-state index in [0.717, 1.165) is 0 Å². The number of carboxylic acids is 8. The van der Waals surface area contributed by atoms with Gasteiger partial charge in [-0.3, -0.25) is 67.5 Å². The average molecular weight is 1400 g/mol. The number of nitrogens with one attached hydrogen (secondary N) is 8. The molecule has 5 atom stereocenters. The van der Waals surface area contributed by atoms with E-state index in [4.69, 9.17) is 5.11 Å². The van der Waals surface area contributed by atoms with Crippen molar-refractivity contribution in [3.63, 3.8) is 0 Å². The van der Waals surface area contributed by atoms with Gasteiger partial charge in [0.1, 0.15) is 30.2 Å². The van der Waals surface area contributed by atoms with Crippen molar-refractivity contribution in [1.29, 1.82) is 0 Å². The molecule has 0 bridgehead atoms. The summed E-state index contributed by atoms with van der Waals surface area (Å²) in [5.74, 6) is -15.7. The maximum absolute atomic E-state index is 17.1. The third-order valence-corrected chi connectivity index (χ3v) is 20.9. The Morgan fingerprint density at radius 1 is 0.412 bits per heavy atom. The molecule has 1 aliphatic rings. The van der Waals surface area contributed by atoms with Gasteiger partial charge in [-0.05, 0) is 72.3 Å². The molecule has 0 aromatic heterocycles. The van der Waals surface area contributed by atoms with E-state index in [9.17, 15) is 108 Å². The Kier molecular flexibility index (Phi) is 35.8. The first-order valence-electron chi connectivity index (χ1n) is 31.5. The van der Waals surface area contributed by atoms with Crippen LogP contribution in [0.15, 0.2) is 24.3 Å². The van der Waals surface area contributed by atoms with E-state index in [1.165, 1.54) is 34.1 Å². The van der Waals surface area contributed by atoms with E-state index in [-0.39, 0.29) is 123 Å². The lowest BCUT2D eigenvalue weighted by molar-refractivity contribution is -0.143. The van der Waals surface area contributed by atoms with E-state index in [1.54, 1.807) is 9.80 Å². The molecule has 2 rings (SSSR count). The number of halogens is 1. The van der Waals surface area contributed by atoms with Crippen LogP contribution in [0.2, 0.25) is 10.1 Å². The van der Waals surface area contributed by atoms with Crippen molar-refractivity contribution in [2.75, 3.05) is 98.2 Å². The second-order valence-corrected chi connectivity index (χ2v) is 30.3. The van der Waals surface area contributed by atoms with Crippen molar-refractivity contribution in [3.05, 3.63) is 29.8 Å². The molecule has 0 unspecified atom stereocenters. The minimum absolute atomic E-state index is 0.00362. The van der Waals surface area contributed by atoms with Crippen LogP contribution in [0.3, 0.4) is 0 Å². The zero-order valence-corrected chi connectivity index (χ0v) is 56.4. The highest BCUT2D eigenvalue weighted by Crippen LogP contribution is 2.51. The number of hydrogen-bond acceptors (Lipinski definition) is 19. The molecule has 1 heterocycles. The lowest BCUT2D eigenvalue weighted by atomic mass is 10.1. The maximum atomic E-state index is 17.1. The number of unbranched alkanes of at least 4 members (excludes halogenated alkanes) is 1. The van der Waals surface area contributed by atoms with Gasteiger partial charge in [0.15, 0.2) is 0 Å². The Hall–Kier alpha value is -8.94. The van der Waals surface area contributed by atoms with Gasteiger partial charge >= 0.3 is 53.8 Å². The van der Waals surface area contributed by atoms with Gasteiger partial charge in [-0.1, -0.05) is 53.7 Å². The van der Waals surface area contributed by atoms with Crippen LogP contribution in [0.5, 0.6) is 0 Å². The summed E-state index contributed by atoms with van der Waals surface area (Å²) in [6.07, 6.45) is -3.03. The summed E-state index contributed by atoms with van der Waals surface area (Å²) < 4.78 is 17.1. The highest BCUT2D eigenvalue weighted by atomic mass is 28.4. The van der Waals surface area contributed by atoms with Crippen molar-refractivity contribution in [3.8, 4) is 0 Å². The summed E-state index contributed by atoms with van der Waals surface area (Å²) in [5, 5.41) is 94.0. The zero-order chi connectivity index (χ0) is 73.4. The number of benzene rings is 1. The summed E-state index contributed by atoms with van der Waals surface area (Å²) in [4.78, 5) is 192. The molecule has 1 aromatic carbocycles. The lowest BCUT2D eigenvalue weighted by Crippen LogP contribution is -2.58. The minimum atomic E-state index is -3.74. The highest BCUT2D eigenvalue weighted by molar-refractivity contribution is 6.90. The van der Waals surface area contributed by atoms with Crippen molar-refractivity contribution in [2.45, 2.75) is 152 Å². The third kappa shape index (κ3) is 32.1. The Balaban J connectivity index is 2.11. The van der Waals surface area contributed by atoms with Crippen LogP contribution in [-0.4, -0.2) is 286 Å². The molecule has 0 aliphatic carbocycles. The van der Waals surface area contributed by atoms with Gasteiger partial charge in [0.05, 0.1) is 26.2 Å². The smallest absolute Gasteiger partial charge is 0.326 e. The number of carboxylic acid groups (broad SMARTS) is 8. The monoisotopic (exact) mass is 1400 g/mol. The molecule has 37 heteroatoms. The van der Waals surface area contributed by atoms with Gasteiger partial charge in [-0.15, -0.1) is 0 Å². The number of aliphatic carboxylic acids is 8. The van der Waals surface area contributed by atoms with Crippen LogP contribution in [0, 0.1) is 0 Å². The van der Waals surface area contributed by atoms with Crippen LogP contribution < -0.4 is 47.7 Å². The van der Waals surface area contributed by atoms with Crippen LogP contribution in [-0.2, 0) is 62.3 Å². The summed E-state index contributed by atoms with van der Waals surface area (Å²) in [5.41, 5.74) is 0.0755. The Bertz CT molecular complexity index is 2870. The van der Waals surface area contributed by atoms with Crippen molar-refractivity contribution >= 4 is 103 Å². The minimum Gasteiger partial charge on any atom is -0.481 e. The van der Waals surface area contributed by atoms with Gasteiger partial charge in [-0.2, -0.15) is 0 Å². The fourth-order valence-electron chi connectivity index (χ4n) is 10.7. The fourth-order valence-corrected chi connectivity index (χ4v) is 15.3. The number of carbonyl (C=O) groups excluding carboxylic acids is 7. The molecular formula is C60H95FN12O23Si. The van der Waals surface area contributed by atoms with Gasteiger partial charge in [-0.25, -0.2) is 24.0 Å². The summed E-state index contributed by atoms with van der Waals surface area (Å²) in [6.45, 7) is 9.06. The molecule has 16 N–H and O–H groups in total. The van der Waals surface area contributed by atoms with Gasteiger partial charge < -0.3 is 87.5 Å². The van der Waals surface area contributed by atoms with E-state index in [0.29, 0.717) is 5.19 Å². The Morgan fingerprint density at radius 2 is 0.784 bits per heavy atom. The molecule has 1 aromatic rings. The molecule has 0 radical (unpaired) electrons. The largest absolute Gasteiger partial charge is 0.481 e. The molecule has 35 nitrogen and oxygen atoms in total.